The van der Waals surface area contributed by atoms with Crippen LogP contribution in [0.25, 0.3) is 4.91 Å². The van der Waals surface area contributed by atoms with E-state index < -0.39 is 5.97 Å². The molecule has 0 saturated heterocycles. The maximum atomic E-state index is 10.8. The molecule has 0 unspecified atom stereocenters. The van der Waals surface area contributed by atoms with Crippen molar-refractivity contribution in [1.29, 1.82) is 0 Å². The Labute approximate surface area is 147 Å². The Hall–Kier alpha value is -3.01. The van der Waals surface area contributed by atoms with Gasteiger partial charge in [-0.1, -0.05) is 9.98 Å². The van der Waals surface area contributed by atoms with Crippen molar-refractivity contribution in [2.24, 2.45) is 4.99 Å². The van der Waals surface area contributed by atoms with Crippen LogP contribution in [0.4, 0.5) is 17.3 Å². The van der Waals surface area contributed by atoms with Crippen LogP contribution in [-0.2, 0) is 11.3 Å². The molecule has 0 aromatic carbocycles. The van der Waals surface area contributed by atoms with E-state index in [1.54, 1.807) is 35.1 Å². The van der Waals surface area contributed by atoms with Gasteiger partial charge in [-0.2, -0.15) is 10.1 Å². The van der Waals surface area contributed by atoms with Crippen molar-refractivity contribution in [2.45, 2.75) is 6.54 Å². The van der Waals surface area contributed by atoms with Gasteiger partial charge in [-0.05, 0) is 0 Å². The largest absolute Gasteiger partial charge is 0.480 e. The first-order valence-corrected chi connectivity index (χ1v) is 8.45. The molecule has 0 aliphatic carbocycles. The molecular formula is C15H14N7O2S+. The Balaban J connectivity index is 1.66. The van der Waals surface area contributed by atoms with Crippen molar-refractivity contribution in [3.8, 4) is 0 Å². The standard InChI is InChI=1S/C15H13N7O2S/c1-20-9-18-13-14(20)16-8-17-15(13)21-2-3-25-11(6-21)10-4-19-22(5-10)7-12(23)24/h4-6,8-9H,1-3,7H2/p+1. The van der Waals surface area contributed by atoms with Gasteiger partial charge < -0.3 is 10.0 Å². The average Bonchev–Trinajstić information content (AvgIpc) is 3.22. The molecule has 4 heterocycles. The topological polar surface area (TPSA) is 99.5 Å². The summed E-state index contributed by atoms with van der Waals surface area (Å²) in [5, 5.41) is 13.0. The Bertz CT molecular complexity index is 934. The summed E-state index contributed by atoms with van der Waals surface area (Å²) in [7, 11) is 0. The molecule has 0 bridgehead atoms. The second-order valence-electron chi connectivity index (χ2n) is 5.44. The third-order valence-electron chi connectivity index (χ3n) is 3.73. The number of carboxylic acid groups (broad SMARTS) is 1. The molecule has 0 atom stereocenters. The van der Waals surface area contributed by atoms with Gasteiger partial charge in [0.25, 0.3) is 5.69 Å². The van der Waals surface area contributed by atoms with Gasteiger partial charge in [-0.25, -0.2) is 4.58 Å². The summed E-state index contributed by atoms with van der Waals surface area (Å²) < 4.78 is 3.02. The van der Waals surface area contributed by atoms with Crippen LogP contribution in [-0.4, -0.2) is 60.8 Å². The number of nitrogens with zero attached hydrogens (tertiary/aromatic N) is 7. The van der Waals surface area contributed by atoms with Crippen molar-refractivity contribution < 1.29 is 14.5 Å². The molecule has 0 radical (unpaired) electrons. The lowest BCUT2D eigenvalue weighted by molar-refractivity contribution is -0.282. The molecule has 126 valence electrons. The molecule has 25 heavy (non-hydrogen) atoms. The summed E-state index contributed by atoms with van der Waals surface area (Å²) in [6, 6.07) is 0. The van der Waals surface area contributed by atoms with Crippen molar-refractivity contribution in [3.05, 3.63) is 30.5 Å². The van der Waals surface area contributed by atoms with Crippen LogP contribution in [0.15, 0.2) is 29.9 Å². The lowest BCUT2D eigenvalue weighted by Gasteiger charge is -2.24. The average molecular weight is 356 g/mol. The predicted molar refractivity (Wildman–Crippen MR) is 94.9 cm³/mol. The number of hydrogen-bond acceptors (Lipinski definition) is 7. The van der Waals surface area contributed by atoms with Crippen LogP contribution >= 0.6 is 11.8 Å². The fraction of sp³-hybridized carbons (Fsp3) is 0.200. The summed E-state index contributed by atoms with van der Waals surface area (Å²) in [4.78, 5) is 26.8. The smallest absolute Gasteiger partial charge is 0.325 e. The van der Waals surface area contributed by atoms with E-state index in [0.29, 0.717) is 11.5 Å². The monoisotopic (exact) mass is 356 g/mol. The molecule has 9 nitrogen and oxygen atoms in total. The lowest BCUT2D eigenvalue weighted by atomic mass is 10.3. The van der Waals surface area contributed by atoms with E-state index in [0.717, 1.165) is 28.6 Å². The zero-order valence-corrected chi connectivity index (χ0v) is 13.9. The zero-order valence-electron chi connectivity index (χ0n) is 13.1. The van der Waals surface area contributed by atoms with Crippen LogP contribution < -0.4 is 4.90 Å². The van der Waals surface area contributed by atoms with Crippen LogP contribution in [0, 0.1) is 0 Å². The molecule has 2 aliphatic rings. The number of hydrogen-bond donors (Lipinski definition) is 1. The minimum atomic E-state index is -0.923. The SMILES string of the molecule is C=[N+]1C=Nc2c(N3C=C(c4cnn(CC(=O)O)c4)SCC3)ncnc21. The van der Waals surface area contributed by atoms with Crippen LogP contribution in [0.5, 0.6) is 0 Å². The minimum Gasteiger partial charge on any atom is -0.480 e. The molecule has 0 saturated carbocycles. The highest BCUT2D eigenvalue weighted by molar-refractivity contribution is 8.08. The molecule has 2 aliphatic heterocycles. The van der Waals surface area contributed by atoms with Gasteiger partial charge in [-0.15, -0.1) is 11.8 Å². The molecule has 1 N–H and O–H groups in total. The maximum absolute atomic E-state index is 10.8. The third-order valence-corrected chi connectivity index (χ3v) is 4.77. The van der Waals surface area contributed by atoms with E-state index in [2.05, 4.69) is 26.8 Å². The summed E-state index contributed by atoms with van der Waals surface area (Å²) >= 11 is 1.69. The van der Waals surface area contributed by atoms with E-state index in [1.807, 2.05) is 11.1 Å². The van der Waals surface area contributed by atoms with Crippen LogP contribution in [0.3, 0.4) is 0 Å². The highest BCUT2D eigenvalue weighted by Crippen LogP contribution is 2.40. The number of thioether (sulfide) groups is 1. The number of rotatable bonds is 4. The lowest BCUT2D eigenvalue weighted by Crippen LogP contribution is -2.24. The van der Waals surface area contributed by atoms with E-state index in [-0.39, 0.29) is 6.54 Å². The number of aliphatic imine (C=N–C) groups is 1. The van der Waals surface area contributed by atoms with Crippen LogP contribution in [0.1, 0.15) is 5.56 Å². The molecule has 0 fully saturated rings. The van der Waals surface area contributed by atoms with Gasteiger partial charge in [-0.3, -0.25) is 9.48 Å². The highest BCUT2D eigenvalue weighted by atomic mass is 32.2. The summed E-state index contributed by atoms with van der Waals surface area (Å²) in [6.45, 7) is 4.48. The molecule has 2 aromatic rings. The van der Waals surface area contributed by atoms with Crippen molar-refractivity contribution in [1.82, 2.24) is 19.7 Å². The number of fused-ring (bicyclic) bond motifs is 1. The quantitative estimate of drug-likeness (QED) is 0.825. The van der Waals surface area contributed by atoms with E-state index in [9.17, 15) is 4.79 Å². The van der Waals surface area contributed by atoms with Crippen LogP contribution in [0.2, 0.25) is 0 Å². The molecule has 0 spiro atoms. The number of carbonyl (C=O) groups is 1. The Morgan fingerprint density at radius 2 is 2.32 bits per heavy atom. The van der Waals surface area contributed by atoms with Crippen molar-refractivity contribution in [3.63, 3.8) is 0 Å². The van der Waals surface area contributed by atoms with E-state index >= 15 is 0 Å². The second-order valence-corrected chi connectivity index (χ2v) is 6.58. The second kappa shape index (κ2) is 6.13. The minimum absolute atomic E-state index is 0.158. The van der Waals surface area contributed by atoms with Crippen molar-refractivity contribution in [2.75, 3.05) is 17.2 Å². The number of aliphatic carboxylic acids is 1. The predicted octanol–water partition coefficient (Wildman–Crippen LogP) is 1.33. The van der Waals surface area contributed by atoms with Gasteiger partial charge in [0.15, 0.2) is 12.1 Å². The molecular weight excluding hydrogens is 342 g/mol. The first-order chi connectivity index (χ1) is 12.1. The number of carboxylic acids is 1. The van der Waals surface area contributed by atoms with Gasteiger partial charge in [0.1, 0.15) is 6.54 Å². The van der Waals surface area contributed by atoms with Gasteiger partial charge in [0, 0.05) is 41.9 Å². The maximum Gasteiger partial charge on any atom is 0.325 e. The van der Waals surface area contributed by atoms with E-state index in [1.165, 1.54) is 11.0 Å². The third kappa shape index (κ3) is 2.91. The normalized spacial score (nSPS) is 16.1. The Morgan fingerprint density at radius 3 is 3.16 bits per heavy atom. The highest BCUT2D eigenvalue weighted by Gasteiger charge is 2.29. The van der Waals surface area contributed by atoms with E-state index in [4.69, 9.17) is 5.11 Å². The fourth-order valence-corrected chi connectivity index (χ4v) is 3.60. The molecule has 10 heteroatoms. The van der Waals surface area contributed by atoms with Gasteiger partial charge >= 0.3 is 11.8 Å². The van der Waals surface area contributed by atoms with Crippen molar-refractivity contribution >= 4 is 53.0 Å². The van der Waals surface area contributed by atoms with Gasteiger partial charge in [0.2, 0.25) is 6.34 Å². The summed E-state index contributed by atoms with van der Waals surface area (Å²) in [6.07, 6.45) is 8.51. The Morgan fingerprint density at radius 1 is 1.44 bits per heavy atom. The molecule has 4 rings (SSSR count). The number of aromatic nitrogens is 4. The fourth-order valence-electron chi connectivity index (χ4n) is 2.62. The molecule has 2 aromatic heterocycles. The Kier molecular flexibility index (Phi) is 3.80. The van der Waals surface area contributed by atoms with Gasteiger partial charge in [0.05, 0.1) is 6.20 Å². The first-order valence-electron chi connectivity index (χ1n) is 7.46. The number of anilines is 1. The molecule has 0 amide bonds. The summed E-state index contributed by atoms with van der Waals surface area (Å²) in [5.74, 6) is 1.34. The first kappa shape index (κ1) is 15.5. The zero-order chi connectivity index (χ0) is 17.4. The summed E-state index contributed by atoms with van der Waals surface area (Å²) in [5.41, 5.74) is 1.57.